The number of unbranched alkanes of at least 4 members (excludes halogenated alkanes) is 8. The number of methoxy groups -OCH3 is 1. The number of aromatic amines is 2. The molecule has 2 aliphatic rings. The topological polar surface area (TPSA) is 119 Å². The minimum Gasteiger partial charge on any atom is -0.493 e. The number of ether oxygens (including phenoxy) is 3. The Labute approximate surface area is 322 Å². The summed E-state index contributed by atoms with van der Waals surface area (Å²) in [6, 6.07) is 6.24. The van der Waals surface area contributed by atoms with Gasteiger partial charge < -0.3 is 24.2 Å². The van der Waals surface area contributed by atoms with Crippen molar-refractivity contribution in [3.05, 3.63) is 63.2 Å². The van der Waals surface area contributed by atoms with Crippen LogP contribution in [0.1, 0.15) is 174 Å². The molecule has 5 heterocycles. The summed E-state index contributed by atoms with van der Waals surface area (Å²) in [7, 11) is 1.65. The standard InChI is InChI=1S/C45H64N4O5/c1-10-14-16-18-20-22-30-32-25-37-45(7,8)28-35(48-37)41(52-9)40-39(43(51)54-13-4)31(23-21-19-17-15-11-2)33(49-40)26-36-44(5,6)27-29(46-36)24-34(47-32)38(30)42(50)53-12-3/h24-26,47,49H,10-23,27-28H2,1-9H3. The molecular weight excluding hydrogens is 677 g/mol. The Kier molecular flexibility index (Phi) is 13.7. The van der Waals surface area contributed by atoms with E-state index in [1.54, 1.807) is 7.11 Å². The van der Waals surface area contributed by atoms with E-state index in [-0.39, 0.29) is 29.4 Å². The van der Waals surface area contributed by atoms with Crippen LogP contribution in [0, 0.1) is 0 Å². The Morgan fingerprint density at radius 3 is 1.74 bits per heavy atom. The largest absolute Gasteiger partial charge is 0.493 e. The lowest BCUT2D eigenvalue weighted by molar-refractivity contribution is 0.0518. The van der Waals surface area contributed by atoms with E-state index < -0.39 is 0 Å². The maximum absolute atomic E-state index is 14.0. The Balaban J connectivity index is 1.90. The molecule has 0 saturated heterocycles. The normalized spacial score (nSPS) is 14.6. The molecular formula is C45H64N4O5. The molecule has 0 atom stereocenters. The molecule has 3 aromatic heterocycles. The van der Waals surface area contributed by atoms with Gasteiger partial charge in [0.25, 0.3) is 0 Å². The summed E-state index contributed by atoms with van der Waals surface area (Å²) in [4.78, 5) is 45.6. The summed E-state index contributed by atoms with van der Waals surface area (Å²) >= 11 is 0. The lowest BCUT2D eigenvalue weighted by Crippen LogP contribution is -2.15. The number of carbonyl (C=O) groups excluding carboxylic acids is 2. The van der Waals surface area contributed by atoms with Gasteiger partial charge >= 0.3 is 11.9 Å². The smallest absolute Gasteiger partial charge is 0.340 e. The lowest BCUT2D eigenvalue weighted by atomic mass is 9.86. The average molecular weight is 741 g/mol. The van der Waals surface area contributed by atoms with Crippen LogP contribution in [0.15, 0.2) is 18.2 Å². The van der Waals surface area contributed by atoms with Crippen LogP contribution in [-0.2, 0) is 46.0 Å². The van der Waals surface area contributed by atoms with E-state index in [0.717, 1.165) is 95.4 Å². The van der Waals surface area contributed by atoms with Crippen molar-refractivity contribution in [1.82, 2.24) is 19.9 Å². The quantitative estimate of drug-likeness (QED) is 0.104. The Morgan fingerprint density at radius 2 is 1.17 bits per heavy atom. The zero-order chi connectivity index (χ0) is 39.0. The molecule has 8 bridgehead atoms. The van der Waals surface area contributed by atoms with Gasteiger partial charge in [-0.3, -0.25) is 9.97 Å². The van der Waals surface area contributed by atoms with E-state index in [9.17, 15) is 9.59 Å². The predicted octanol–water partition coefficient (Wildman–Crippen LogP) is 10.7. The fourth-order valence-electron chi connectivity index (χ4n) is 8.07. The second-order valence-corrected chi connectivity index (χ2v) is 16.4. The second kappa shape index (κ2) is 18.0. The summed E-state index contributed by atoms with van der Waals surface area (Å²) in [5.41, 5.74) is 8.74. The van der Waals surface area contributed by atoms with Gasteiger partial charge in [0.05, 0.1) is 48.2 Å². The molecule has 3 aromatic rings. The fourth-order valence-corrected chi connectivity index (χ4v) is 8.07. The molecule has 0 aromatic carbocycles. The number of carbonyl (C=O) groups is 2. The molecule has 9 nitrogen and oxygen atoms in total. The van der Waals surface area contributed by atoms with Crippen LogP contribution in [0.4, 0.5) is 0 Å². The van der Waals surface area contributed by atoms with Crippen LogP contribution in [0.5, 0.6) is 5.75 Å². The molecule has 0 saturated carbocycles. The number of esters is 2. The SMILES string of the molecule is CCCCCCCc1c(C(=O)OCC)c2cc3nc(cc4[nH]c(c(OC)c5nc(cc1[nH]2)C(C)(C)C5)c(C(=O)OCC)c4CCCCCCC)C(C)(C)C3. The molecule has 0 radical (unpaired) electrons. The van der Waals surface area contributed by atoms with Crippen LogP contribution in [0.2, 0.25) is 0 Å². The van der Waals surface area contributed by atoms with Gasteiger partial charge in [0.2, 0.25) is 0 Å². The van der Waals surface area contributed by atoms with Gasteiger partial charge in [0.15, 0.2) is 5.75 Å². The summed E-state index contributed by atoms with van der Waals surface area (Å²) in [6.45, 7) is 17.4. The molecule has 54 heavy (non-hydrogen) atoms. The van der Waals surface area contributed by atoms with Crippen molar-refractivity contribution in [2.75, 3.05) is 20.3 Å². The van der Waals surface area contributed by atoms with Crippen LogP contribution >= 0.6 is 0 Å². The van der Waals surface area contributed by atoms with Gasteiger partial charge in [-0.1, -0.05) is 92.9 Å². The van der Waals surface area contributed by atoms with Gasteiger partial charge in [-0.25, -0.2) is 9.59 Å². The van der Waals surface area contributed by atoms with Gasteiger partial charge in [-0.2, -0.15) is 0 Å². The van der Waals surface area contributed by atoms with Crippen molar-refractivity contribution in [3.8, 4) is 5.75 Å². The van der Waals surface area contributed by atoms with Crippen LogP contribution in [-0.4, -0.2) is 52.2 Å². The van der Waals surface area contributed by atoms with E-state index in [2.05, 4.69) is 63.6 Å². The molecule has 0 fully saturated rings. The first-order chi connectivity index (χ1) is 25.9. The Hall–Kier alpha value is -4.14. The van der Waals surface area contributed by atoms with Crippen molar-refractivity contribution < 1.29 is 23.8 Å². The number of hydrogen-bond donors (Lipinski definition) is 2. The van der Waals surface area contributed by atoms with Gasteiger partial charge in [0, 0.05) is 51.8 Å². The van der Waals surface area contributed by atoms with Gasteiger partial charge in [-0.15, -0.1) is 0 Å². The molecule has 2 N–H and O–H groups in total. The van der Waals surface area contributed by atoms with Crippen LogP contribution in [0.25, 0.3) is 22.1 Å². The summed E-state index contributed by atoms with van der Waals surface area (Å²) < 4.78 is 17.7. The molecule has 0 aliphatic carbocycles. The Bertz CT molecular complexity index is 1970. The number of nitrogens with one attached hydrogen (secondary N) is 2. The average Bonchev–Trinajstić information content (AvgIpc) is 3.81. The minimum absolute atomic E-state index is 0.266. The highest BCUT2D eigenvalue weighted by molar-refractivity contribution is 6.04. The zero-order valence-electron chi connectivity index (χ0n) is 34.5. The molecule has 0 amide bonds. The summed E-state index contributed by atoms with van der Waals surface area (Å²) in [6.07, 6.45) is 13.9. The number of hydrogen-bond acceptors (Lipinski definition) is 7. The highest BCUT2D eigenvalue weighted by Gasteiger charge is 2.34. The third-order valence-corrected chi connectivity index (χ3v) is 11.0. The molecule has 0 unspecified atom stereocenters. The third-order valence-electron chi connectivity index (χ3n) is 11.0. The molecule has 2 aliphatic heterocycles. The maximum atomic E-state index is 14.0. The van der Waals surface area contributed by atoms with E-state index in [1.807, 2.05) is 19.9 Å². The first-order valence-electron chi connectivity index (χ1n) is 20.6. The Morgan fingerprint density at radius 1 is 0.648 bits per heavy atom. The maximum Gasteiger partial charge on any atom is 0.340 e. The van der Waals surface area contributed by atoms with Crippen LogP contribution in [0.3, 0.4) is 0 Å². The van der Waals surface area contributed by atoms with E-state index in [1.165, 1.54) is 25.7 Å². The third kappa shape index (κ3) is 9.03. The summed E-state index contributed by atoms with van der Waals surface area (Å²) in [5, 5.41) is 0. The van der Waals surface area contributed by atoms with E-state index >= 15 is 0 Å². The van der Waals surface area contributed by atoms with Crippen molar-refractivity contribution in [1.29, 1.82) is 0 Å². The first-order valence-corrected chi connectivity index (χ1v) is 20.6. The number of nitrogens with zero attached hydrogens (tertiary/aromatic N) is 2. The number of rotatable bonds is 17. The zero-order valence-corrected chi connectivity index (χ0v) is 34.5. The van der Waals surface area contributed by atoms with Gasteiger partial charge in [0.1, 0.15) is 0 Å². The van der Waals surface area contributed by atoms with Crippen molar-refractivity contribution >= 4 is 34.0 Å². The number of fused-ring (bicyclic) bond motifs is 8. The number of H-pyrrole nitrogens is 2. The number of aryl methyl sites for hydroxylation is 2. The van der Waals surface area contributed by atoms with Crippen molar-refractivity contribution in [3.63, 3.8) is 0 Å². The first kappa shape index (κ1) is 41.0. The minimum atomic E-state index is -0.366. The molecule has 294 valence electrons. The fraction of sp³-hybridized carbons (Fsp3) is 0.600. The van der Waals surface area contributed by atoms with Gasteiger partial charge in [-0.05, 0) is 68.9 Å². The lowest BCUT2D eigenvalue weighted by Gasteiger charge is -2.16. The van der Waals surface area contributed by atoms with E-state index in [4.69, 9.17) is 24.2 Å². The highest BCUT2D eigenvalue weighted by Crippen LogP contribution is 2.40. The van der Waals surface area contributed by atoms with E-state index in [0.29, 0.717) is 48.3 Å². The van der Waals surface area contributed by atoms with Crippen molar-refractivity contribution in [2.24, 2.45) is 0 Å². The summed E-state index contributed by atoms with van der Waals surface area (Å²) in [5.74, 6) is -0.148. The monoisotopic (exact) mass is 740 g/mol. The number of aromatic nitrogens is 4. The molecule has 0 spiro atoms. The van der Waals surface area contributed by atoms with Crippen LogP contribution < -0.4 is 4.74 Å². The van der Waals surface area contributed by atoms with Crippen molar-refractivity contribution in [2.45, 2.75) is 156 Å². The predicted molar refractivity (Wildman–Crippen MR) is 218 cm³/mol. The second-order valence-electron chi connectivity index (χ2n) is 16.4. The molecule has 9 heteroatoms. The highest BCUT2D eigenvalue weighted by atomic mass is 16.5. The molecule has 5 rings (SSSR count).